The van der Waals surface area contributed by atoms with Crippen molar-refractivity contribution in [3.05, 3.63) is 35.6 Å². The Morgan fingerprint density at radius 2 is 2.00 bits per heavy atom. The maximum Gasteiger partial charge on any atom is 0.172 e. The van der Waals surface area contributed by atoms with Gasteiger partial charge in [0, 0.05) is 17.9 Å². The number of hydrogen-bond donors (Lipinski definition) is 1. The molecule has 0 amide bonds. The molecule has 2 nitrogen and oxygen atoms in total. The molecule has 0 unspecified atom stereocenters. The fourth-order valence-corrected chi connectivity index (χ4v) is 1.63. The molecule has 14 heavy (non-hydrogen) atoms. The minimum absolute atomic E-state index is 0.0171. The molecule has 0 atom stereocenters. The summed E-state index contributed by atoms with van der Waals surface area (Å²) in [4.78, 5) is 11.4. The first-order valence-electron chi connectivity index (χ1n) is 4.30. The molecule has 0 aliphatic heterocycles. The minimum atomic E-state index is -0.323. The van der Waals surface area contributed by atoms with Crippen LogP contribution in [0.4, 0.5) is 4.39 Å². The zero-order chi connectivity index (χ0) is 10.4. The molecule has 0 saturated carbocycles. The largest absolute Gasteiger partial charge is 0.330 e. The molecule has 0 aromatic heterocycles. The standard InChI is InChI=1S/C10H12FNOS/c11-9-3-1-8(2-4-9)10(13)7-14-6-5-12/h1-4H,5-7,12H2. The van der Waals surface area contributed by atoms with Crippen LogP contribution in [0.15, 0.2) is 24.3 Å². The molecule has 0 saturated heterocycles. The Labute approximate surface area is 86.7 Å². The van der Waals surface area contributed by atoms with E-state index < -0.39 is 0 Å². The van der Waals surface area contributed by atoms with Crippen LogP contribution in [0.25, 0.3) is 0 Å². The summed E-state index contributed by atoms with van der Waals surface area (Å²) in [6.07, 6.45) is 0. The Bertz CT molecular complexity index is 299. The molecule has 0 fully saturated rings. The van der Waals surface area contributed by atoms with E-state index in [4.69, 9.17) is 5.73 Å². The third-order valence-corrected chi connectivity index (χ3v) is 2.65. The molecule has 4 heteroatoms. The maximum atomic E-state index is 12.5. The molecule has 0 heterocycles. The van der Waals surface area contributed by atoms with E-state index in [-0.39, 0.29) is 11.6 Å². The second kappa shape index (κ2) is 5.78. The van der Waals surface area contributed by atoms with Crippen molar-refractivity contribution in [2.75, 3.05) is 18.1 Å². The highest BCUT2D eigenvalue weighted by atomic mass is 32.2. The van der Waals surface area contributed by atoms with E-state index in [9.17, 15) is 9.18 Å². The van der Waals surface area contributed by atoms with E-state index in [2.05, 4.69) is 0 Å². The minimum Gasteiger partial charge on any atom is -0.330 e. The first kappa shape index (κ1) is 11.2. The summed E-state index contributed by atoms with van der Waals surface area (Å²) in [5, 5.41) is 0. The highest BCUT2D eigenvalue weighted by Crippen LogP contribution is 2.07. The van der Waals surface area contributed by atoms with E-state index in [1.165, 1.54) is 36.0 Å². The van der Waals surface area contributed by atoms with Crippen molar-refractivity contribution in [2.24, 2.45) is 5.73 Å². The fourth-order valence-electron chi connectivity index (χ4n) is 0.967. The zero-order valence-corrected chi connectivity index (χ0v) is 8.52. The highest BCUT2D eigenvalue weighted by molar-refractivity contribution is 8.00. The van der Waals surface area contributed by atoms with Crippen LogP contribution in [0.2, 0.25) is 0 Å². The van der Waals surface area contributed by atoms with Gasteiger partial charge in [0.1, 0.15) is 5.82 Å². The molecule has 0 aliphatic carbocycles. The molecule has 1 rings (SSSR count). The predicted molar refractivity (Wildman–Crippen MR) is 57.1 cm³/mol. The number of rotatable bonds is 5. The molecule has 0 spiro atoms. The van der Waals surface area contributed by atoms with E-state index in [0.29, 0.717) is 17.9 Å². The van der Waals surface area contributed by atoms with Gasteiger partial charge in [0.15, 0.2) is 5.78 Å². The zero-order valence-electron chi connectivity index (χ0n) is 7.70. The average molecular weight is 213 g/mol. The number of ketones is 1. The van der Waals surface area contributed by atoms with Gasteiger partial charge in [-0.3, -0.25) is 4.79 Å². The van der Waals surface area contributed by atoms with Gasteiger partial charge < -0.3 is 5.73 Å². The first-order valence-corrected chi connectivity index (χ1v) is 5.46. The van der Waals surface area contributed by atoms with Gasteiger partial charge in [-0.1, -0.05) is 0 Å². The number of thioether (sulfide) groups is 1. The van der Waals surface area contributed by atoms with Crippen molar-refractivity contribution in [1.29, 1.82) is 0 Å². The number of carbonyl (C=O) groups is 1. The lowest BCUT2D eigenvalue weighted by Crippen LogP contribution is -2.07. The van der Waals surface area contributed by atoms with Crippen LogP contribution in [0.3, 0.4) is 0 Å². The third kappa shape index (κ3) is 3.47. The SMILES string of the molecule is NCCSCC(=O)c1ccc(F)cc1. The van der Waals surface area contributed by atoms with Crippen LogP contribution in [0, 0.1) is 5.82 Å². The third-order valence-electron chi connectivity index (χ3n) is 1.66. The summed E-state index contributed by atoms with van der Waals surface area (Å²) in [6, 6.07) is 5.59. The number of benzene rings is 1. The Morgan fingerprint density at radius 3 is 2.57 bits per heavy atom. The van der Waals surface area contributed by atoms with E-state index >= 15 is 0 Å². The second-order valence-corrected chi connectivity index (χ2v) is 3.88. The summed E-state index contributed by atoms with van der Waals surface area (Å²) in [7, 11) is 0. The Hall–Kier alpha value is -0.870. The molecule has 0 radical (unpaired) electrons. The summed E-state index contributed by atoms with van der Waals surface area (Å²) < 4.78 is 12.5. The lowest BCUT2D eigenvalue weighted by molar-refractivity contribution is 0.102. The Balaban J connectivity index is 2.48. The average Bonchev–Trinajstić information content (AvgIpc) is 2.19. The Kier molecular flexibility index (Phi) is 4.62. The quantitative estimate of drug-likeness (QED) is 0.598. The van der Waals surface area contributed by atoms with Gasteiger partial charge in [0.25, 0.3) is 0 Å². The topological polar surface area (TPSA) is 43.1 Å². The summed E-state index contributed by atoms with van der Waals surface area (Å²) in [5.74, 6) is 0.870. The van der Waals surface area contributed by atoms with Crippen molar-refractivity contribution in [3.63, 3.8) is 0 Å². The van der Waals surface area contributed by atoms with Crippen molar-refractivity contribution in [3.8, 4) is 0 Å². The first-order chi connectivity index (χ1) is 6.74. The lowest BCUT2D eigenvalue weighted by atomic mass is 10.1. The van der Waals surface area contributed by atoms with Crippen LogP contribution in [0.5, 0.6) is 0 Å². The van der Waals surface area contributed by atoms with Gasteiger partial charge in [0.05, 0.1) is 5.75 Å². The molecule has 0 aliphatic rings. The molecule has 2 N–H and O–H groups in total. The highest BCUT2D eigenvalue weighted by Gasteiger charge is 2.04. The van der Waals surface area contributed by atoms with Crippen LogP contribution >= 0.6 is 11.8 Å². The number of Topliss-reactive ketones (excluding diaryl/α,β-unsaturated/α-hetero) is 1. The second-order valence-electron chi connectivity index (χ2n) is 2.77. The van der Waals surface area contributed by atoms with Crippen LogP contribution < -0.4 is 5.73 Å². The molecular weight excluding hydrogens is 201 g/mol. The summed E-state index contributed by atoms with van der Waals surface area (Å²) in [5.41, 5.74) is 5.84. The number of hydrogen-bond acceptors (Lipinski definition) is 3. The van der Waals surface area contributed by atoms with Gasteiger partial charge in [-0.25, -0.2) is 4.39 Å². The molecule has 1 aromatic rings. The van der Waals surface area contributed by atoms with E-state index in [0.717, 1.165) is 5.75 Å². The molecule has 1 aromatic carbocycles. The number of nitrogens with two attached hydrogens (primary N) is 1. The van der Waals surface area contributed by atoms with Gasteiger partial charge in [0.2, 0.25) is 0 Å². The van der Waals surface area contributed by atoms with E-state index in [1.807, 2.05) is 0 Å². The van der Waals surface area contributed by atoms with Gasteiger partial charge in [-0.05, 0) is 24.3 Å². The van der Waals surface area contributed by atoms with Gasteiger partial charge in [-0.2, -0.15) is 11.8 Å². The van der Waals surface area contributed by atoms with Crippen molar-refractivity contribution < 1.29 is 9.18 Å². The number of carbonyl (C=O) groups excluding carboxylic acids is 1. The van der Waals surface area contributed by atoms with Crippen LogP contribution in [0.1, 0.15) is 10.4 Å². The lowest BCUT2D eigenvalue weighted by Gasteiger charge is -1.99. The maximum absolute atomic E-state index is 12.5. The Morgan fingerprint density at radius 1 is 1.36 bits per heavy atom. The summed E-state index contributed by atoms with van der Waals surface area (Å²) in [6.45, 7) is 0.571. The summed E-state index contributed by atoms with van der Waals surface area (Å²) >= 11 is 1.49. The van der Waals surface area contributed by atoms with Crippen LogP contribution in [-0.4, -0.2) is 23.8 Å². The molecule has 0 bridgehead atoms. The number of halogens is 1. The van der Waals surface area contributed by atoms with Crippen molar-refractivity contribution in [1.82, 2.24) is 0 Å². The monoisotopic (exact) mass is 213 g/mol. The predicted octanol–water partition coefficient (Wildman–Crippen LogP) is 1.70. The smallest absolute Gasteiger partial charge is 0.172 e. The van der Waals surface area contributed by atoms with Gasteiger partial charge in [-0.15, -0.1) is 0 Å². The van der Waals surface area contributed by atoms with Crippen molar-refractivity contribution in [2.45, 2.75) is 0 Å². The van der Waals surface area contributed by atoms with Crippen LogP contribution in [-0.2, 0) is 0 Å². The normalized spacial score (nSPS) is 10.1. The molecule has 76 valence electrons. The van der Waals surface area contributed by atoms with Crippen molar-refractivity contribution >= 4 is 17.5 Å². The van der Waals surface area contributed by atoms with Gasteiger partial charge >= 0.3 is 0 Å². The van der Waals surface area contributed by atoms with E-state index in [1.54, 1.807) is 0 Å². The fraction of sp³-hybridized carbons (Fsp3) is 0.300. The molecular formula is C10H12FNOS.